The minimum absolute atomic E-state index is 0.0775. The van der Waals surface area contributed by atoms with E-state index in [1.54, 1.807) is 6.33 Å². The third-order valence-corrected chi connectivity index (χ3v) is 6.43. The number of ether oxygens (including phenoxy) is 1. The average Bonchev–Trinajstić information content (AvgIpc) is 3.01. The van der Waals surface area contributed by atoms with Gasteiger partial charge in [0.1, 0.15) is 11.9 Å². The zero-order chi connectivity index (χ0) is 39.0. The van der Waals surface area contributed by atoms with Crippen molar-refractivity contribution in [3.63, 3.8) is 0 Å². The molecule has 2 aromatic heterocycles. The van der Waals surface area contributed by atoms with Gasteiger partial charge >= 0.3 is 0 Å². The van der Waals surface area contributed by atoms with Crippen molar-refractivity contribution in [2.45, 2.75) is 176 Å². The molecule has 2 heterocycles. The molecular weight excluding hydrogens is 612 g/mol. The van der Waals surface area contributed by atoms with Crippen LogP contribution in [-0.4, -0.2) is 27.3 Å². The van der Waals surface area contributed by atoms with Crippen molar-refractivity contribution in [3.05, 3.63) is 64.7 Å². The molecule has 0 aliphatic rings. The lowest BCUT2D eigenvalue weighted by Crippen LogP contribution is -2.17. The second kappa shape index (κ2) is 34.3. The number of aryl methyl sites for hydroxylation is 4. The van der Waals surface area contributed by atoms with Crippen molar-refractivity contribution in [2.75, 3.05) is 0 Å². The van der Waals surface area contributed by atoms with Crippen LogP contribution in [0.1, 0.15) is 171 Å². The smallest absolute Gasteiger partial charge is 0.115 e. The number of allylic oxidation sites excluding steroid dienone is 2. The summed E-state index contributed by atoms with van der Waals surface area (Å²) in [5.41, 5.74) is 7.07. The van der Waals surface area contributed by atoms with Gasteiger partial charge in [-0.05, 0) is 98.4 Å². The van der Waals surface area contributed by atoms with Crippen molar-refractivity contribution in [1.82, 2.24) is 15.0 Å². The highest BCUT2D eigenvalue weighted by Crippen LogP contribution is 2.30. The van der Waals surface area contributed by atoms with Crippen molar-refractivity contribution >= 4 is 29.0 Å². The van der Waals surface area contributed by atoms with Gasteiger partial charge in [-0.1, -0.05) is 126 Å². The number of nitrogens with zero attached hydrogens (tertiary/aromatic N) is 4. The predicted octanol–water partition coefficient (Wildman–Crippen LogP) is 14.8. The number of aliphatic imine (C=N–C) groups is 1. The summed E-state index contributed by atoms with van der Waals surface area (Å²) >= 11 is 6.46. The predicted molar refractivity (Wildman–Crippen MR) is 221 cm³/mol. The van der Waals surface area contributed by atoms with E-state index in [1.807, 2.05) is 95.3 Å². The fourth-order valence-corrected chi connectivity index (χ4v) is 3.93. The van der Waals surface area contributed by atoms with E-state index in [0.717, 1.165) is 75.8 Å². The molecule has 0 aliphatic carbocycles. The van der Waals surface area contributed by atoms with Gasteiger partial charge < -0.3 is 4.74 Å². The summed E-state index contributed by atoms with van der Waals surface area (Å²) in [6.45, 7) is 48.3. The van der Waals surface area contributed by atoms with Gasteiger partial charge in [-0.3, -0.25) is 9.98 Å². The van der Waals surface area contributed by atoms with E-state index in [4.69, 9.17) is 16.3 Å². The Balaban J connectivity index is -0.000000168. The first-order valence-corrected chi connectivity index (χ1v) is 18.6. The van der Waals surface area contributed by atoms with E-state index in [-0.39, 0.29) is 5.60 Å². The minimum atomic E-state index is -0.0775. The standard InChI is InChI=1S/C13H19ClN2.C8H10N2.C7H14O.C6H14.C4H10.2C2H6/c1-5-7-11(6-2)13(14)12-9(3)15-8-16-10(12)4;1-6-4-8(9-3)7(2)10-5-6;1-6(2)8-7(3,4)5;1-4-6(3)5-2;1-4(2)3;2*1-2/h8H,5-7H2,1-4H3;4-5H,3H2,1-2H3;1H2,2-5H3;6H,4-5H2,1-3H3;4H,1-3H3;2*1-2H3/b13-11+;;;;;;. The molecule has 6 heteroatoms. The largest absolute Gasteiger partial charge is 0.493 e. The molecule has 0 fully saturated rings. The second-order valence-electron chi connectivity index (χ2n) is 12.8. The van der Waals surface area contributed by atoms with Gasteiger partial charge in [-0.15, -0.1) is 0 Å². The van der Waals surface area contributed by atoms with Crippen molar-refractivity contribution in [1.29, 1.82) is 0 Å². The summed E-state index contributed by atoms with van der Waals surface area (Å²) in [4.78, 5) is 16.4. The van der Waals surface area contributed by atoms with Gasteiger partial charge in [0.2, 0.25) is 0 Å². The fraction of sp³-hybridized carbons (Fsp3) is 0.667. The maximum atomic E-state index is 6.46. The fourth-order valence-electron chi connectivity index (χ4n) is 3.42. The lowest BCUT2D eigenvalue weighted by atomic mass is 10.0. The molecule has 0 saturated heterocycles. The quantitative estimate of drug-likeness (QED) is 0.204. The molecule has 0 radical (unpaired) electrons. The van der Waals surface area contributed by atoms with Gasteiger partial charge in [0.25, 0.3) is 0 Å². The Morgan fingerprint density at radius 2 is 1.29 bits per heavy atom. The molecule has 0 saturated carbocycles. The summed E-state index contributed by atoms with van der Waals surface area (Å²) in [5.74, 6) is 2.54. The highest BCUT2D eigenvalue weighted by atomic mass is 35.5. The van der Waals surface area contributed by atoms with Gasteiger partial charge in [0, 0.05) is 23.1 Å². The number of rotatable bonds is 8. The molecule has 0 amide bonds. The Hall–Kier alpha value is -2.53. The number of pyridine rings is 1. The average molecular weight is 692 g/mol. The molecule has 0 spiro atoms. The lowest BCUT2D eigenvalue weighted by Gasteiger charge is -2.20. The van der Waals surface area contributed by atoms with Crippen LogP contribution < -0.4 is 0 Å². The SMILES string of the molecule is C=C(C)OC(C)(C)C.C=Nc1cc(C)cnc1C.CC.CC.CC(C)C.CCC(C)CC.CCC/C(CC)=C(/Cl)c1c(C)ncnc1C. The maximum Gasteiger partial charge on any atom is 0.115 e. The molecule has 0 aromatic carbocycles. The normalized spacial score (nSPS) is 10.2. The molecule has 2 rings (SSSR count). The zero-order valence-corrected chi connectivity index (χ0v) is 36.2. The minimum Gasteiger partial charge on any atom is -0.493 e. The molecule has 0 N–H and O–H groups in total. The van der Waals surface area contributed by atoms with Crippen LogP contribution in [0.2, 0.25) is 0 Å². The molecule has 2 aromatic rings. The number of halogens is 1. The van der Waals surface area contributed by atoms with Gasteiger partial charge in [-0.2, -0.15) is 0 Å². The van der Waals surface area contributed by atoms with Crippen LogP contribution in [0.25, 0.3) is 5.03 Å². The highest BCUT2D eigenvalue weighted by Gasteiger charge is 2.12. The lowest BCUT2D eigenvalue weighted by molar-refractivity contribution is 0.0544. The summed E-state index contributed by atoms with van der Waals surface area (Å²) < 4.78 is 5.24. The van der Waals surface area contributed by atoms with E-state index in [0.29, 0.717) is 0 Å². The molecule has 48 heavy (non-hydrogen) atoms. The maximum absolute atomic E-state index is 6.46. The Bertz CT molecular complexity index is 1070. The Labute approximate surface area is 305 Å². The van der Waals surface area contributed by atoms with E-state index in [2.05, 4.69) is 88.6 Å². The first-order chi connectivity index (χ1) is 22.3. The monoisotopic (exact) mass is 691 g/mol. The summed E-state index contributed by atoms with van der Waals surface area (Å²) in [6.07, 6.45) is 9.22. The first kappa shape index (κ1) is 54.9. The molecule has 280 valence electrons. The molecule has 0 unspecified atom stereocenters. The zero-order valence-electron chi connectivity index (χ0n) is 35.4. The van der Waals surface area contributed by atoms with Crippen LogP contribution >= 0.6 is 11.6 Å². The second-order valence-corrected chi connectivity index (χ2v) is 13.2. The van der Waals surface area contributed by atoms with Crippen molar-refractivity contribution in [3.8, 4) is 0 Å². The van der Waals surface area contributed by atoms with Crippen LogP contribution in [0.15, 0.2) is 41.5 Å². The summed E-state index contributed by atoms with van der Waals surface area (Å²) in [6, 6.07) is 1.97. The van der Waals surface area contributed by atoms with E-state index < -0.39 is 0 Å². The van der Waals surface area contributed by atoms with Crippen molar-refractivity contribution < 1.29 is 4.74 Å². The molecule has 0 aliphatic heterocycles. The summed E-state index contributed by atoms with van der Waals surface area (Å²) in [7, 11) is 0. The Morgan fingerprint density at radius 3 is 1.54 bits per heavy atom. The van der Waals surface area contributed by atoms with Crippen molar-refractivity contribution in [2.24, 2.45) is 16.8 Å². The van der Waals surface area contributed by atoms with Gasteiger partial charge in [0.15, 0.2) is 0 Å². The molecule has 5 nitrogen and oxygen atoms in total. The number of hydrogen-bond donors (Lipinski definition) is 0. The number of aromatic nitrogens is 3. The third-order valence-electron chi connectivity index (χ3n) is 5.98. The van der Waals surface area contributed by atoms with Gasteiger partial charge in [0.05, 0.1) is 22.2 Å². The van der Waals surface area contributed by atoms with Crippen LogP contribution in [0.4, 0.5) is 5.69 Å². The topological polar surface area (TPSA) is 60.3 Å². The first-order valence-electron chi connectivity index (χ1n) is 18.2. The van der Waals surface area contributed by atoms with E-state index in [9.17, 15) is 0 Å². The van der Waals surface area contributed by atoms with E-state index in [1.165, 1.54) is 18.4 Å². The van der Waals surface area contributed by atoms with Gasteiger partial charge in [-0.25, -0.2) is 9.97 Å². The molecule has 0 bridgehead atoms. The third kappa shape index (κ3) is 33.4. The molecular formula is C42H79ClN4O. The molecule has 0 atom stereocenters. The highest BCUT2D eigenvalue weighted by molar-refractivity contribution is 6.49. The Morgan fingerprint density at radius 1 is 0.854 bits per heavy atom. The van der Waals surface area contributed by atoms with Crippen LogP contribution in [0.3, 0.4) is 0 Å². The van der Waals surface area contributed by atoms with Crippen LogP contribution in [-0.2, 0) is 4.74 Å². The van der Waals surface area contributed by atoms with Crippen LogP contribution in [0.5, 0.6) is 0 Å². The van der Waals surface area contributed by atoms with E-state index >= 15 is 0 Å². The van der Waals surface area contributed by atoms with Crippen LogP contribution in [0, 0.1) is 39.5 Å². The summed E-state index contributed by atoms with van der Waals surface area (Å²) in [5, 5.41) is 0.847. The Kier molecular flexibility index (Phi) is 39.3. The number of hydrogen-bond acceptors (Lipinski definition) is 5.